The molecule has 316 valence electrons. The molecule has 0 unspecified atom stereocenters. The highest BCUT2D eigenvalue weighted by Gasteiger charge is 2.41. The number of carbonyl (C=O) groups is 4. The minimum atomic E-state index is -0.666. The molecule has 5 aliphatic rings. The fourth-order valence-electron chi connectivity index (χ4n) is 9.53. The van der Waals surface area contributed by atoms with E-state index in [1.807, 2.05) is 42.5 Å². The number of urea groups is 1. The summed E-state index contributed by atoms with van der Waals surface area (Å²) in [5.74, 6) is 2.24. The molecule has 1 saturated carbocycles. The molecule has 1 atom stereocenters. The van der Waals surface area contributed by atoms with Crippen molar-refractivity contribution in [2.45, 2.75) is 63.5 Å². The van der Waals surface area contributed by atoms with Gasteiger partial charge in [0, 0.05) is 87.2 Å². The van der Waals surface area contributed by atoms with Gasteiger partial charge in [0.05, 0.1) is 5.71 Å². The zero-order chi connectivity index (χ0) is 41.8. The number of rotatable bonds is 12. The van der Waals surface area contributed by atoms with Crippen molar-refractivity contribution >= 4 is 40.8 Å². The Morgan fingerprint density at radius 2 is 1.55 bits per heavy atom. The number of carbonyl (C=O) groups excluding carboxylic acids is 4. The van der Waals surface area contributed by atoms with E-state index in [1.165, 1.54) is 0 Å². The van der Waals surface area contributed by atoms with E-state index in [1.54, 1.807) is 29.2 Å². The van der Waals surface area contributed by atoms with Crippen LogP contribution in [0.5, 0.6) is 11.5 Å². The first-order valence-electron chi connectivity index (χ1n) is 21.5. The predicted octanol–water partition coefficient (Wildman–Crippen LogP) is 4.81. The third-order valence-electron chi connectivity index (χ3n) is 13.2. The molecule has 0 aromatic heterocycles. The van der Waals surface area contributed by atoms with Crippen LogP contribution in [0.3, 0.4) is 0 Å². The highest BCUT2D eigenvalue weighted by atomic mass is 16.5. The van der Waals surface area contributed by atoms with Crippen LogP contribution in [0.25, 0.3) is 0 Å². The first-order valence-corrected chi connectivity index (χ1v) is 21.5. The Bertz CT molecular complexity index is 2090. The van der Waals surface area contributed by atoms with Gasteiger partial charge in [0.25, 0.3) is 5.91 Å². The van der Waals surface area contributed by atoms with Crippen molar-refractivity contribution in [1.82, 2.24) is 25.8 Å². The molecule has 0 spiro atoms. The lowest BCUT2D eigenvalue weighted by Crippen LogP contribution is -2.54. The summed E-state index contributed by atoms with van der Waals surface area (Å²) in [4.78, 5) is 58.9. The highest BCUT2D eigenvalue weighted by molar-refractivity contribution is 6.26. The number of nitrogens with one attached hydrogen (secondary N) is 4. The van der Waals surface area contributed by atoms with E-state index in [0.717, 1.165) is 89.0 Å². The molecule has 4 saturated heterocycles. The molecule has 3 aromatic rings. The van der Waals surface area contributed by atoms with Crippen LogP contribution in [0.1, 0.15) is 56.9 Å². The molecule has 8 rings (SSSR count). The number of likely N-dealkylation sites (tertiary alicyclic amines) is 1. The van der Waals surface area contributed by atoms with Crippen molar-refractivity contribution in [3.63, 3.8) is 0 Å². The van der Waals surface area contributed by atoms with Crippen molar-refractivity contribution in [2.75, 3.05) is 62.7 Å². The SMILES string of the molecule is CN(CC1CCN(c2cccc(N3CCC(=O)NC3=O)c2)CC1)C1CC(C(=O)N2CCC([C@@H]3CCN/C(=C(/C(=N)c4ccc(Oc5ccccc5)cc4)C(N)=O)N3)CC2)C1. The van der Waals surface area contributed by atoms with Gasteiger partial charge in [-0.15, -0.1) is 0 Å². The second kappa shape index (κ2) is 18.2. The maximum Gasteiger partial charge on any atom is 0.328 e. The molecule has 60 heavy (non-hydrogen) atoms. The summed E-state index contributed by atoms with van der Waals surface area (Å²) in [5.41, 5.74) is 8.53. The van der Waals surface area contributed by atoms with Crippen molar-refractivity contribution in [3.05, 3.63) is 95.8 Å². The number of piperidine rings is 2. The minimum Gasteiger partial charge on any atom is -0.457 e. The topological polar surface area (TPSA) is 176 Å². The number of hydrogen-bond acceptors (Lipinski definition) is 10. The summed E-state index contributed by atoms with van der Waals surface area (Å²) in [5, 5.41) is 18.2. The average molecular weight is 816 g/mol. The van der Waals surface area contributed by atoms with Crippen molar-refractivity contribution in [2.24, 2.45) is 23.5 Å². The third kappa shape index (κ3) is 9.28. The fraction of sp³-hybridized carbons (Fsp3) is 0.457. The second-order valence-electron chi connectivity index (χ2n) is 17.0. The van der Waals surface area contributed by atoms with E-state index >= 15 is 0 Å². The van der Waals surface area contributed by atoms with Gasteiger partial charge >= 0.3 is 6.03 Å². The van der Waals surface area contributed by atoms with Crippen LogP contribution in [-0.4, -0.2) is 104 Å². The Morgan fingerprint density at radius 3 is 2.25 bits per heavy atom. The number of nitrogens with two attached hydrogens (primary N) is 1. The highest BCUT2D eigenvalue weighted by Crippen LogP contribution is 2.36. The van der Waals surface area contributed by atoms with E-state index in [0.29, 0.717) is 60.3 Å². The Labute approximate surface area is 352 Å². The number of hydrogen-bond donors (Lipinski definition) is 5. The molecule has 0 radical (unpaired) electrons. The molecule has 6 N–H and O–H groups in total. The summed E-state index contributed by atoms with van der Waals surface area (Å²) in [6.07, 6.45) is 6.95. The van der Waals surface area contributed by atoms with Gasteiger partial charge < -0.3 is 35.8 Å². The Balaban J connectivity index is 0.769. The lowest BCUT2D eigenvalue weighted by molar-refractivity contribution is -0.142. The Hall–Kier alpha value is -5.89. The monoisotopic (exact) mass is 815 g/mol. The molecule has 3 aromatic carbocycles. The van der Waals surface area contributed by atoms with Crippen molar-refractivity contribution in [3.8, 4) is 11.5 Å². The van der Waals surface area contributed by atoms with Gasteiger partial charge in [-0.2, -0.15) is 0 Å². The molecule has 0 bridgehead atoms. The quantitative estimate of drug-likeness (QED) is 0.127. The average Bonchev–Trinajstić information content (AvgIpc) is 3.24. The number of benzene rings is 3. The zero-order valence-electron chi connectivity index (χ0n) is 34.4. The van der Waals surface area contributed by atoms with Crippen LogP contribution in [-0.2, 0) is 14.4 Å². The molecular formula is C46H57N9O5. The van der Waals surface area contributed by atoms with Crippen molar-refractivity contribution in [1.29, 1.82) is 5.41 Å². The van der Waals surface area contributed by atoms with Gasteiger partial charge in [-0.1, -0.05) is 24.3 Å². The van der Waals surface area contributed by atoms with Crippen LogP contribution >= 0.6 is 0 Å². The second-order valence-corrected chi connectivity index (χ2v) is 17.0. The number of ether oxygens (including phenoxy) is 1. The molecule has 5 fully saturated rings. The Morgan fingerprint density at radius 1 is 0.850 bits per heavy atom. The van der Waals surface area contributed by atoms with Gasteiger partial charge in [-0.3, -0.25) is 30.0 Å². The lowest BCUT2D eigenvalue weighted by Gasteiger charge is -2.45. The number of primary amides is 1. The van der Waals surface area contributed by atoms with E-state index in [2.05, 4.69) is 49.8 Å². The van der Waals surface area contributed by atoms with Gasteiger partial charge in [-0.25, -0.2) is 4.79 Å². The van der Waals surface area contributed by atoms with E-state index in [9.17, 15) is 19.2 Å². The number of amides is 5. The Kier molecular flexibility index (Phi) is 12.4. The van der Waals surface area contributed by atoms with Crippen LogP contribution in [0, 0.1) is 23.2 Å². The largest absolute Gasteiger partial charge is 0.457 e. The molecule has 14 heteroatoms. The molecule has 4 heterocycles. The third-order valence-corrected chi connectivity index (χ3v) is 13.2. The predicted molar refractivity (Wildman–Crippen MR) is 231 cm³/mol. The van der Waals surface area contributed by atoms with Crippen LogP contribution in [0.2, 0.25) is 0 Å². The summed E-state index contributed by atoms with van der Waals surface area (Å²) in [6.45, 7) is 5.45. The van der Waals surface area contributed by atoms with Crippen molar-refractivity contribution < 1.29 is 23.9 Å². The number of anilines is 2. The summed E-state index contributed by atoms with van der Waals surface area (Å²) >= 11 is 0. The van der Waals surface area contributed by atoms with Crippen LogP contribution in [0.15, 0.2) is 90.3 Å². The van der Waals surface area contributed by atoms with E-state index in [-0.39, 0.29) is 41.1 Å². The maximum atomic E-state index is 13.6. The first-order chi connectivity index (χ1) is 29.1. The molecule has 5 amide bonds. The summed E-state index contributed by atoms with van der Waals surface area (Å²) < 4.78 is 5.90. The van der Waals surface area contributed by atoms with E-state index < -0.39 is 5.91 Å². The lowest BCUT2D eigenvalue weighted by atomic mass is 9.77. The van der Waals surface area contributed by atoms with Gasteiger partial charge in [0.1, 0.15) is 22.9 Å². The van der Waals surface area contributed by atoms with Gasteiger partial charge in [-0.05, 0) is 118 Å². The minimum absolute atomic E-state index is 0.0461. The fourth-order valence-corrected chi connectivity index (χ4v) is 9.53. The van der Waals surface area contributed by atoms with Crippen LogP contribution in [0.4, 0.5) is 16.2 Å². The van der Waals surface area contributed by atoms with Crippen LogP contribution < -0.4 is 36.2 Å². The first kappa shape index (κ1) is 40.9. The molecule has 1 aliphatic carbocycles. The number of imide groups is 1. The normalized spacial score (nSPS) is 23.6. The molecule has 14 nitrogen and oxygen atoms in total. The maximum absolute atomic E-state index is 13.6. The zero-order valence-corrected chi connectivity index (χ0v) is 34.4. The molecule has 4 aliphatic heterocycles. The van der Waals surface area contributed by atoms with Gasteiger partial charge in [0.15, 0.2) is 0 Å². The smallest absolute Gasteiger partial charge is 0.328 e. The van der Waals surface area contributed by atoms with Gasteiger partial charge in [0.2, 0.25) is 11.8 Å². The number of para-hydroxylation sites is 1. The summed E-state index contributed by atoms with van der Waals surface area (Å²) in [7, 11) is 2.21. The molecular weight excluding hydrogens is 759 g/mol. The summed E-state index contributed by atoms with van der Waals surface area (Å²) in [6, 6.07) is 24.8. The van der Waals surface area contributed by atoms with E-state index in [4.69, 9.17) is 15.9 Å². The standard InChI is InChI=1S/C46H57N9O5/c1-52(29-30-15-21-53(22-16-30)34-6-5-7-35(28-34)55-25-19-40(56)51-46(55)59)36-26-33(27-36)45(58)54-23-17-31(18-24-54)39-14-20-49-44(50-39)41(43(48)57)42(47)32-10-12-38(13-11-32)60-37-8-3-2-4-9-37/h2-13,28,30-31,33,36,39,47,49-50H,14-27,29H2,1H3,(H2,48,57)(H,51,56,59)/b44-41+,47-42?/t33?,36?,39-/m0/s1. The number of nitrogens with zero attached hydrogens (tertiary/aromatic N) is 4.